The molecule has 0 spiro atoms. The quantitative estimate of drug-likeness (QED) is 0.696. The molecule has 108 valence electrons. The predicted octanol–water partition coefficient (Wildman–Crippen LogP) is 1.61. The van der Waals surface area contributed by atoms with Crippen molar-refractivity contribution in [3.05, 3.63) is 23.2 Å². The number of aliphatic hydroxyl groups is 1. The minimum Gasteiger partial charge on any atom is -0.398 e. The Morgan fingerprint density at radius 1 is 1.42 bits per heavy atom. The topological polar surface area (TPSA) is 92.4 Å². The molecule has 0 radical (unpaired) electrons. The van der Waals surface area contributed by atoms with E-state index in [1.807, 2.05) is 13.8 Å². The fraction of sp³-hybridized carbons (Fsp3) is 0.500. The van der Waals surface area contributed by atoms with Gasteiger partial charge in [-0.05, 0) is 24.5 Å². The van der Waals surface area contributed by atoms with Gasteiger partial charge in [0, 0.05) is 6.54 Å². The van der Waals surface area contributed by atoms with Crippen molar-refractivity contribution in [3.63, 3.8) is 0 Å². The molecule has 0 aliphatic rings. The molecular weight excluding hydrogens is 288 g/mol. The van der Waals surface area contributed by atoms with E-state index in [0.29, 0.717) is 6.42 Å². The zero-order valence-corrected chi connectivity index (χ0v) is 12.5. The van der Waals surface area contributed by atoms with E-state index < -0.39 is 16.1 Å². The summed E-state index contributed by atoms with van der Waals surface area (Å²) < 4.78 is 26.5. The third-order valence-electron chi connectivity index (χ3n) is 2.52. The molecule has 1 rings (SSSR count). The summed E-state index contributed by atoms with van der Waals surface area (Å²) in [6, 6.07) is 4.49. The number of hydrogen-bond donors (Lipinski definition) is 3. The summed E-state index contributed by atoms with van der Waals surface area (Å²) in [4.78, 5) is -0.145. The molecule has 0 bridgehead atoms. The van der Waals surface area contributed by atoms with Gasteiger partial charge in [-0.2, -0.15) is 0 Å². The third kappa shape index (κ3) is 4.65. The molecule has 4 N–H and O–H groups in total. The van der Waals surface area contributed by atoms with Crippen LogP contribution in [0.25, 0.3) is 0 Å². The molecule has 0 saturated heterocycles. The summed E-state index contributed by atoms with van der Waals surface area (Å²) in [5.74, 6) is 0.282. The molecule has 0 saturated carbocycles. The predicted molar refractivity (Wildman–Crippen MR) is 76.5 cm³/mol. The van der Waals surface area contributed by atoms with E-state index in [4.69, 9.17) is 17.3 Å². The number of aliphatic hydroxyl groups excluding tert-OH is 1. The number of nitrogens with one attached hydrogen (secondary N) is 1. The Balaban J connectivity index is 2.82. The molecule has 0 amide bonds. The molecule has 7 heteroatoms. The average molecular weight is 307 g/mol. The highest BCUT2D eigenvalue weighted by Gasteiger charge is 2.21. The van der Waals surface area contributed by atoms with Crippen LogP contribution in [0.5, 0.6) is 0 Å². The van der Waals surface area contributed by atoms with Crippen molar-refractivity contribution >= 4 is 27.3 Å². The van der Waals surface area contributed by atoms with Crippen LogP contribution < -0.4 is 10.5 Å². The van der Waals surface area contributed by atoms with Gasteiger partial charge in [0.25, 0.3) is 0 Å². The second-order valence-electron chi connectivity index (χ2n) is 4.79. The number of anilines is 1. The molecule has 0 fully saturated rings. The molecule has 1 aromatic carbocycles. The van der Waals surface area contributed by atoms with E-state index in [1.165, 1.54) is 12.1 Å². The summed E-state index contributed by atoms with van der Waals surface area (Å²) >= 11 is 5.85. The van der Waals surface area contributed by atoms with Crippen LogP contribution in [0.3, 0.4) is 0 Å². The standard InChI is InChI=1S/C12H19ClN2O3S/c1-8(2)6-9(16)7-15-19(17,18)12-10(13)4-3-5-11(12)14/h3-5,8-9,15-16H,6-7,14H2,1-2H3. The lowest BCUT2D eigenvalue weighted by Gasteiger charge is -2.15. The number of halogens is 1. The second kappa shape index (κ2) is 6.56. The molecule has 1 unspecified atom stereocenters. The van der Waals surface area contributed by atoms with Gasteiger partial charge >= 0.3 is 0 Å². The average Bonchev–Trinajstić information content (AvgIpc) is 2.25. The lowest BCUT2D eigenvalue weighted by molar-refractivity contribution is 0.152. The molecule has 1 aromatic rings. The lowest BCUT2D eigenvalue weighted by atomic mass is 10.1. The minimum absolute atomic E-state index is 0.0610. The van der Waals surface area contributed by atoms with E-state index in [-0.39, 0.29) is 28.1 Å². The van der Waals surface area contributed by atoms with Gasteiger partial charge in [0.15, 0.2) is 0 Å². The highest BCUT2D eigenvalue weighted by molar-refractivity contribution is 7.89. The Hall–Kier alpha value is -0.820. The van der Waals surface area contributed by atoms with Gasteiger partial charge in [0.2, 0.25) is 10.0 Å². The van der Waals surface area contributed by atoms with E-state index in [9.17, 15) is 13.5 Å². The molecule has 5 nitrogen and oxygen atoms in total. The zero-order valence-electron chi connectivity index (χ0n) is 10.9. The van der Waals surface area contributed by atoms with E-state index in [2.05, 4.69) is 4.72 Å². The summed E-state index contributed by atoms with van der Waals surface area (Å²) in [5, 5.41) is 9.74. The lowest BCUT2D eigenvalue weighted by Crippen LogP contribution is -2.33. The Kier molecular flexibility index (Phi) is 5.61. The summed E-state index contributed by atoms with van der Waals surface area (Å²) in [6.45, 7) is 3.83. The molecular formula is C12H19ClN2O3S. The maximum Gasteiger partial charge on any atom is 0.244 e. The summed E-state index contributed by atoms with van der Waals surface area (Å²) in [5.41, 5.74) is 5.71. The number of nitrogen functional groups attached to an aromatic ring is 1. The number of benzene rings is 1. The van der Waals surface area contributed by atoms with Gasteiger partial charge in [-0.15, -0.1) is 0 Å². The van der Waals surface area contributed by atoms with Crippen molar-refractivity contribution in [3.8, 4) is 0 Å². The van der Waals surface area contributed by atoms with Crippen LogP contribution in [0.2, 0.25) is 5.02 Å². The van der Waals surface area contributed by atoms with Crippen LogP contribution in [0.1, 0.15) is 20.3 Å². The first kappa shape index (κ1) is 16.2. The van der Waals surface area contributed by atoms with Gasteiger partial charge in [0.05, 0.1) is 16.8 Å². The highest BCUT2D eigenvalue weighted by atomic mass is 35.5. The summed E-state index contributed by atoms with van der Waals surface area (Å²) in [7, 11) is -3.82. The largest absolute Gasteiger partial charge is 0.398 e. The first-order valence-electron chi connectivity index (χ1n) is 5.95. The second-order valence-corrected chi connectivity index (χ2v) is 6.90. The van der Waals surface area contributed by atoms with E-state index in [1.54, 1.807) is 6.07 Å². The monoisotopic (exact) mass is 306 g/mol. The van der Waals surface area contributed by atoms with Crippen LogP contribution in [-0.4, -0.2) is 26.2 Å². The van der Waals surface area contributed by atoms with Crippen molar-refractivity contribution in [2.75, 3.05) is 12.3 Å². The Labute approximate surface area is 118 Å². The van der Waals surface area contributed by atoms with Crippen LogP contribution in [0.4, 0.5) is 5.69 Å². The fourth-order valence-electron chi connectivity index (χ4n) is 1.71. The third-order valence-corrected chi connectivity index (χ3v) is 4.49. The van der Waals surface area contributed by atoms with Gasteiger partial charge in [0.1, 0.15) is 4.90 Å². The first-order valence-corrected chi connectivity index (χ1v) is 7.82. The van der Waals surface area contributed by atoms with Crippen molar-refractivity contribution in [2.45, 2.75) is 31.3 Å². The van der Waals surface area contributed by atoms with Gasteiger partial charge in [-0.3, -0.25) is 0 Å². The number of nitrogens with two attached hydrogens (primary N) is 1. The van der Waals surface area contributed by atoms with E-state index >= 15 is 0 Å². The van der Waals surface area contributed by atoms with Crippen LogP contribution in [-0.2, 0) is 10.0 Å². The fourth-order valence-corrected chi connectivity index (χ4v) is 3.46. The number of hydrogen-bond acceptors (Lipinski definition) is 4. The molecule has 0 heterocycles. The van der Waals surface area contributed by atoms with Gasteiger partial charge in [-0.25, -0.2) is 13.1 Å². The zero-order chi connectivity index (χ0) is 14.6. The Bertz CT molecular complexity index is 512. The molecule has 0 aliphatic heterocycles. The van der Waals surface area contributed by atoms with Gasteiger partial charge < -0.3 is 10.8 Å². The Morgan fingerprint density at radius 2 is 2.05 bits per heavy atom. The minimum atomic E-state index is -3.82. The van der Waals surface area contributed by atoms with Crippen molar-refractivity contribution < 1.29 is 13.5 Å². The van der Waals surface area contributed by atoms with Crippen LogP contribution >= 0.6 is 11.6 Å². The van der Waals surface area contributed by atoms with Gasteiger partial charge in [-0.1, -0.05) is 31.5 Å². The van der Waals surface area contributed by atoms with E-state index in [0.717, 1.165) is 0 Å². The maximum atomic E-state index is 12.1. The molecule has 19 heavy (non-hydrogen) atoms. The SMILES string of the molecule is CC(C)CC(O)CNS(=O)(=O)c1c(N)cccc1Cl. The Morgan fingerprint density at radius 3 is 2.58 bits per heavy atom. The highest BCUT2D eigenvalue weighted by Crippen LogP contribution is 2.26. The molecule has 1 atom stereocenters. The van der Waals surface area contributed by atoms with Crippen LogP contribution in [0.15, 0.2) is 23.1 Å². The summed E-state index contributed by atoms with van der Waals surface area (Å²) in [6.07, 6.45) is -0.223. The number of sulfonamides is 1. The molecule has 0 aliphatic carbocycles. The molecule has 0 aromatic heterocycles. The van der Waals surface area contributed by atoms with Crippen LogP contribution in [0, 0.1) is 5.92 Å². The number of rotatable bonds is 6. The van der Waals surface area contributed by atoms with Crippen molar-refractivity contribution in [1.82, 2.24) is 4.72 Å². The normalized spacial score (nSPS) is 13.7. The first-order chi connectivity index (χ1) is 8.74. The smallest absolute Gasteiger partial charge is 0.244 e. The maximum absolute atomic E-state index is 12.1. The van der Waals surface area contributed by atoms with Crippen molar-refractivity contribution in [2.24, 2.45) is 5.92 Å². The van der Waals surface area contributed by atoms with Crippen molar-refractivity contribution in [1.29, 1.82) is 0 Å².